The van der Waals surface area contributed by atoms with Gasteiger partial charge in [0.25, 0.3) is 0 Å². The Balaban J connectivity index is 0.000000425. The number of para-hydroxylation sites is 2. The van der Waals surface area contributed by atoms with E-state index in [2.05, 4.69) is 54.6 Å². The Morgan fingerprint density at radius 1 is 1.21 bits per heavy atom. The van der Waals surface area contributed by atoms with Crippen LogP contribution in [0.25, 0.3) is 0 Å². The molecule has 2 aromatic rings. The van der Waals surface area contributed by atoms with Crippen LogP contribution in [0.3, 0.4) is 0 Å². The molecule has 3 rings (SSSR count). The number of fused-ring (bicyclic) bond motifs is 1. The van der Waals surface area contributed by atoms with Crippen molar-refractivity contribution in [3.63, 3.8) is 0 Å². The molecule has 0 radical (unpaired) electrons. The van der Waals surface area contributed by atoms with Crippen molar-refractivity contribution in [1.29, 1.82) is 5.26 Å². The van der Waals surface area contributed by atoms with Crippen LogP contribution in [0.1, 0.15) is 33.3 Å². The number of hydrogen-bond donors (Lipinski definition) is 1. The summed E-state index contributed by atoms with van der Waals surface area (Å²) < 4.78 is 0. The van der Waals surface area contributed by atoms with Crippen molar-refractivity contribution in [2.75, 3.05) is 9.80 Å². The molecule has 1 N–H and O–H groups in total. The number of nitriles is 1. The van der Waals surface area contributed by atoms with Gasteiger partial charge in [-0.25, -0.2) is 5.26 Å². The number of anilines is 3. The number of benzene rings is 2. The van der Waals surface area contributed by atoms with Crippen molar-refractivity contribution in [3.05, 3.63) is 72.6 Å². The molecule has 0 amide bonds. The summed E-state index contributed by atoms with van der Waals surface area (Å²) in [5.41, 5.74) is 3.91. The first kappa shape index (κ1) is 23.5. The average molecular weight is 557 g/mol. The van der Waals surface area contributed by atoms with E-state index in [1.165, 1.54) is 25.6 Å². The molecule has 1 aliphatic heterocycles. The van der Waals surface area contributed by atoms with Crippen LogP contribution in [0.2, 0.25) is 0 Å². The molecule has 0 saturated heterocycles. The van der Waals surface area contributed by atoms with Crippen LogP contribution in [0.5, 0.6) is 0 Å². The van der Waals surface area contributed by atoms with Crippen LogP contribution in [-0.4, -0.2) is 16.9 Å². The van der Waals surface area contributed by atoms with Gasteiger partial charge in [0.15, 0.2) is 5.78 Å². The Hall–Kier alpha value is -2.57. The van der Waals surface area contributed by atoms with E-state index in [4.69, 9.17) is 10.4 Å². The van der Waals surface area contributed by atoms with Crippen molar-refractivity contribution in [2.24, 2.45) is 0 Å². The van der Waals surface area contributed by atoms with Crippen LogP contribution in [0.4, 0.5) is 17.1 Å². The van der Waals surface area contributed by atoms with Crippen LogP contribution < -0.4 is 9.80 Å². The summed E-state index contributed by atoms with van der Waals surface area (Å²) in [5.74, 6) is -0.0625. The van der Waals surface area contributed by atoms with Gasteiger partial charge >= 0.3 is 21.1 Å². The van der Waals surface area contributed by atoms with Gasteiger partial charge in [0, 0.05) is 23.5 Å². The molecule has 0 bridgehead atoms. The Labute approximate surface area is 181 Å². The number of hydrogen-bond acceptors (Lipinski definition) is 5. The fourth-order valence-electron chi connectivity index (χ4n) is 2.67. The SMILES string of the molecule is CC(=O)C=C(C)O.CC(C)N1[CH-]N(c2[c-]cc(C#N)cc2)c2ccccc21.[Pt+2]. The molecule has 0 unspecified atom stereocenters. The molecule has 0 atom stereocenters. The molecule has 0 saturated carbocycles. The zero-order valence-corrected chi connectivity index (χ0v) is 18.6. The Kier molecular flexibility index (Phi) is 8.95. The second kappa shape index (κ2) is 10.7. The van der Waals surface area contributed by atoms with Crippen molar-refractivity contribution in [1.82, 2.24) is 0 Å². The van der Waals surface area contributed by atoms with Gasteiger partial charge in [-0.1, -0.05) is 17.7 Å². The van der Waals surface area contributed by atoms with Gasteiger partial charge in [-0.15, -0.1) is 11.8 Å². The Morgan fingerprint density at radius 3 is 2.29 bits per heavy atom. The largest absolute Gasteiger partial charge is 2.00 e. The van der Waals surface area contributed by atoms with Crippen LogP contribution in [0, 0.1) is 24.1 Å². The fourth-order valence-corrected chi connectivity index (χ4v) is 2.67. The monoisotopic (exact) mass is 556 g/mol. The van der Waals surface area contributed by atoms with Crippen LogP contribution in [0.15, 0.2) is 54.3 Å². The van der Waals surface area contributed by atoms with Gasteiger partial charge < -0.3 is 14.9 Å². The van der Waals surface area contributed by atoms with E-state index in [1.807, 2.05) is 24.3 Å². The fraction of sp³-hybridized carbons (Fsp3) is 0.227. The molecule has 5 nitrogen and oxygen atoms in total. The van der Waals surface area contributed by atoms with Gasteiger partial charge in [-0.05, 0) is 45.9 Å². The van der Waals surface area contributed by atoms with E-state index < -0.39 is 0 Å². The van der Waals surface area contributed by atoms with Gasteiger partial charge in [0.1, 0.15) is 0 Å². The molecule has 0 fully saturated rings. The van der Waals surface area contributed by atoms with E-state index >= 15 is 0 Å². The second-order valence-electron chi connectivity index (χ2n) is 6.45. The third kappa shape index (κ3) is 5.97. The maximum Gasteiger partial charge on any atom is 2.00 e. The third-order valence-electron chi connectivity index (χ3n) is 3.81. The molecule has 0 spiro atoms. The van der Waals surface area contributed by atoms with Crippen LogP contribution in [-0.2, 0) is 25.9 Å². The standard InChI is InChI=1S/C17H15N3.C5H8O2.Pt/c1-13(2)19-12-20(17-6-4-3-5-16(17)19)15-9-7-14(11-18)8-10-15;1-4(6)3-5(2)7;/h3-9,12-13H,1-2H3;3,6H,1-2H3;/q-2;;+2. The van der Waals surface area contributed by atoms with E-state index in [0.717, 1.165) is 11.4 Å². The minimum Gasteiger partial charge on any atom is -0.512 e. The van der Waals surface area contributed by atoms with Gasteiger partial charge in [-0.3, -0.25) is 4.79 Å². The van der Waals surface area contributed by atoms with Gasteiger partial charge in [0.05, 0.1) is 5.76 Å². The number of aliphatic hydroxyl groups excluding tert-OH is 1. The number of rotatable bonds is 3. The topological polar surface area (TPSA) is 67.6 Å². The molecule has 2 aromatic carbocycles. The first-order chi connectivity index (χ1) is 12.8. The molecule has 1 heterocycles. The molecular weight excluding hydrogens is 533 g/mol. The summed E-state index contributed by atoms with van der Waals surface area (Å²) >= 11 is 0. The number of aliphatic hydroxyl groups is 1. The summed E-state index contributed by atoms with van der Waals surface area (Å²) in [6.45, 7) is 9.27. The molecular formula is C22H23N3O2Pt. The zero-order chi connectivity index (χ0) is 20.0. The van der Waals surface area contributed by atoms with Gasteiger partial charge in [-0.2, -0.15) is 24.9 Å². The normalized spacial score (nSPS) is 12.5. The number of nitrogens with zero attached hydrogens (tertiary/aromatic N) is 3. The number of allylic oxidation sites excluding steroid dienone is 2. The predicted molar refractivity (Wildman–Crippen MR) is 108 cm³/mol. The van der Waals surface area contributed by atoms with E-state index in [0.29, 0.717) is 11.6 Å². The summed E-state index contributed by atoms with van der Waals surface area (Å²) in [7, 11) is 0. The maximum atomic E-state index is 10.0. The smallest absolute Gasteiger partial charge is 0.512 e. The summed E-state index contributed by atoms with van der Waals surface area (Å²) in [6.07, 6.45) is 1.17. The first-order valence-corrected chi connectivity index (χ1v) is 8.64. The third-order valence-corrected chi connectivity index (χ3v) is 3.81. The van der Waals surface area contributed by atoms with Crippen molar-refractivity contribution < 1.29 is 31.0 Å². The average Bonchev–Trinajstić information content (AvgIpc) is 3.01. The number of carbonyl (C=O) groups is 1. The molecule has 6 heteroatoms. The Bertz CT molecular complexity index is 866. The summed E-state index contributed by atoms with van der Waals surface area (Å²) in [5, 5.41) is 17.2. The zero-order valence-electron chi connectivity index (χ0n) is 16.3. The summed E-state index contributed by atoms with van der Waals surface area (Å²) in [4.78, 5) is 14.4. The summed E-state index contributed by atoms with van der Waals surface area (Å²) in [6, 6.07) is 19.5. The van der Waals surface area contributed by atoms with Crippen molar-refractivity contribution >= 4 is 22.8 Å². The van der Waals surface area contributed by atoms with E-state index in [-0.39, 0.29) is 32.6 Å². The predicted octanol–water partition coefficient (Wildman–Crippen LogP) is 4.88. The molecule has 0 aliphatic carbocycles. The van der Waals surface area contributed by atoms with Gasteiger partial charge in [0.2, 0.25) is 0 Å². The molecule has 0 aromatic heterocycles. The van der Waals surface area contributed by atoms with E-state index in [1.54, 1.807) is 6.07 Å². The second-order valence-corrected chi connectivity index (χ2v) is 6.45. The number of ketones is 1. The minimum absolute atomic E-state index is 0. The van der Waals surface area contributed by atoms with Crippen LogP contribution >= 0.6 is 0 Å². The minimum atomic E-state index is -0.125. The molecule has 28 heavy (non-hydrogen) atoms. The first-order valence-electron chi connectivity index (χ1n) is 8.64. The van der Waals surface area contributed by atoms with E-state index in [9.17, 15) is 4.79 Å². The van der Waals surface area contributed by atoms with Crippen molar-refractivity contribution in [3.8, 4) is 6.07 Å². The maximum absolute atomic E-state index is 10.0. The number of carbonyl (C=O) groups excluding carboxylic acids is 1. The quantitative estimate of drug-likeness (QED) is 0.332. The molecule has 148 valence electrons. The molecule has 1 aliphatic rings. The van der Waals surface area contributed by atoms with Crippen molar-refractivity contribution in [2.45, 2.75) is 33.7 Å². The Morgan fingerprint density at radius 2 is 1.86 bits per heavy atom.